The number of halogens is 1. The second-order valence-electron chi connectivity index (χ2n) is 6.28. The number of carbonyl (C=O) groups is 1. The van der Waals surface area contributed by atoms with Crippen LogP contribution in [0.2, 0.25) is 0 Å². The van der Waals surface area contributed by atoms with Gasteiger partial charge in [-0.25, -0.2) is 0 Å². The standard InChI is InChI=1S/C17H22BrN5OS/c1-22(11-17(24)19-9-15-8-13(18)12-25-15)10-14-4-3-7-23(14)16-5-2-6-20-21-16/h2,5-6,8,12,14H,3-4,7,9-11H2,1H3,(H,19,24). The summed E-state index contributed by atoms with van der Waals surface area (Å²) in [5.41, 5.74) is 0. The van der Waals surface area contributed by atoms with Crippen molar-refractivity contribution in [2.24, 2.45) is 0 Å². The highest BCUT2D eigenvalue weighted by Gasteiger charge is 2.27. The Hall–Kier alpha value is -1.51. The normalized spacial score (nSPS) is 17.2. The summed E-state index contributed by atoms with van der Waals surface area (Å²) < 4.78 is 1.06. The van der Waals surface area contributed by atoms with E-state index in [1.165, 1.54) is 0 Å². The first-order chi connectivity index (χ1) is 12.1. The minimum absolute atomic E-state index is 0.0519. The number of carbonyl (C=O) groups excluding carboxylic acids is 1. The van der Waals surface area contributed by atoms with Crippen molar-refractivity contribution >= 4 is 39.0 Å². The van der Waals surface area contributed by atoms with E-state index in [-0.39, 0.29) is 5.91 Å². The van der Waals surface area contributed by atoms with E-state index < -0.39 is 0 Å². The van der Waals surface area contributed by atoms with Crippen LogP contribution in [0.1, 0.15) is 17.7 Å². The van der Waals surface area contributed by atoms with Gasteiger partial charge >= 0.3 is 0 Å². The van der Waals surface area contributed by atoms with E-state index in [1.54, 1.807) is 17.5 Å². The molecule has 0 aliphatic carbocycles. The van der Waals surface area contributed by atoms with Crippen LogP contribution in [0.4, 0.5) is 5.82 Å². The molecule has 0 spiro atoms. The predicted octanol–water partition coefficient (Wildman–Crippen LogP) is 2.52. The molecular weight excluding hydrogens is 402 g/mol. The summed E-state index contributed by atoms with van der Waals surface area (Å²) >= 11 is 5.07. The van der Waals surface area contributed by atoms with Gasteiger partial charge in [0.2, 0.25) is 5.91 Å². The lowest BCUT2D eigenvalue weighted by molar-refractivity contribution is -0.122. The number of anilines is 1. The number of hydrogen-bond acceptors (Lipinski definition) is 6. The van der Waals surface area contributed by atoms with Crippen LogP contribution >= 0.6 is 27.3 Å². The summed E-state index contributed by atoms with van der Waals surface area (Å²) in [5.74, 6) is 0.974. The minimum Gasteiger partial charge on any atom is -0.351 e. The van der Waals surface area contributed by atoms with Crippen molar-refractivity contribution in [3.05, 3.63) is 39.1 Å². The molecule has 2 aromatic rings. The Morgan fingerprint density at radius 2 is 2.44 bits per heavy atom. The number of rotatable bonds is 7. The summed E-state index contributed by atoms with van der Waals surface area (Å²) in [5, 5.41) is 13.2. The maximum absolute atomic E-state index is 12.2. The van der Waals surface area contributed by atoms with Crippen LogP contribution in [0.25, 0.3) is 0 Å². The van der Waals surface area contributed by atoms with Gasteiger partial charge in [-0.3, -0.25) is 9.69 Å². The summed E-state index contributed by atoms with van der Waals surface area (Å²) in [6, 6.07) is 6.32. The van der Waals surface area contributed by atoms with E-state index in [2.05, 4.69) is 41.2 Å². The van der Waals surface area contributed by atoms with Crippen molar-refractivity contribution in [1.29, 1.82) is 0 Å². The summed E-state index contributed by atoms with van der Waals surface area (Å²) in [4.78, 5) is 17.7. The molecule has 1 unspecified atom stereocenters. The number of aromatic nitrogens is 2. The van der Waals surface area contributed by atoms with Crippen molar-refractivity contribution in [3.63, 3.8) is 0 Å². The Bertz CT molecular complexity index is 695. The SMILES string of the molecule is CN(CC(=O)NCc1cc(Br)cs1)CC1CCCN1c1cccnn1. The van der Waals surface area contributed by atoms with Crippen LogP contribution in [0, 0.1) is 0 Å². The van der Waals surface area contributed by atoms with E-state index in [9.17, 15) is 4.79 Å². The third kappa shape index (κ3) is 5.23. The molecule has 25 heavy (non-hydrogen) atoms. The van der Waals surface area contributed by atoms with Gasteiger partial charge < -0.3 is 10.2 Å². The van der Waals surface area contributed by atoms with E-state index in [4.69, 9.17) is 0 Å². The van der Waals surface area contributed by atoms with Crippen LogP contribution in [0.5, 0.6) is 0 Å². The zero-order valence-electron chi connectivity index (χ0n) is 14.2. The van der Waals surface area contributed by atoms with Crippen LogP contribution < -0.4 is 10.2 Å². The first-order valence-corrected chi connectivity index (χ1v) is 10.0. The molecule has 0 bridgehead atoms. The molecule has 6 nitrogen and oxygen atoms in total. The maximum Gasteiger partial charge on any atom is 0.234 e. The second-order valence-corrected chi connectivity index (χ2v) is 8.19. The molecular formula is C17H22BrN5OS. The van der Waals surface area contributed by atoms with Gasteiger partial charge in [0.25, 0.3) is 0 Å². The lowest BCUT2D eigenvalue weighted by Gasteiger charge is -2.28. The molecule has 2 aromatic heterocycles. The van der Waals surface area contributed by atoms with E-state index in [1.807, 2.05) is 30.6 Å². The smallest absolute Gasteiger partial charge is 0.234 e. The predicted molar refractivity (Wildman–Crippen MR) is 104 cm³/mol. The summed E-state index contributed by atoms with van der Waals surface area (Å²) in [6.07, 6.45) is 3.96. The number of thiophene rings is 1. The minimum atomic E-state index is 0.0519. The topological polar surface area (TPSA) is 61.4 Å². The third-order valence-electron chi connectivity index (χ3n) is 4.25. The molecule has 1 saturated heterocycles. The quantitative estimate of drug-likeness (QED) is 0.740. The van der Waals surface area contributed by atoms with Crippen LogP contribution in [-0.2, 0) is 11.3 Å². The lowest BCUT2D eigenvalue weighted by atomic mass is 10.2. The molecule has 134 valence electrons. The van der Waals surface area contributed by atoms with Gasteiger partial charge in [-0.1, -0.05) is 0 Å². The molecule has 0 radical (unpaired) electrons. The first kappa shape index (κ1) is 18.3. The van der Waals surface area contributed by atoms with Crippen molar-refractivity contribution in [2.45, 2.75) is 25.4 Å². The monoisotopic (exact) mass is 423 g/mol. The van der Waals surface area contributed by atoms with Crippen LogP contribution in [0.3, 0.4) is 0 Å². The van der Waals surface area contributed by atoms with Crippen molar-refractivity contribution in [1.82, 2.24) is 20.4 Å². The van der Waals surface area contributed by atoms with Crippen molar-refractivity contribution in [2.75, 3.05) is 31.6 Å². The third-order valence-corrected chi connectivity index (χ3v) is 5.94. The maximum atomic E-state index is 12.2. The molecule has 3 heterocycles. The fraction of sp³-hybridized carbons (Fsp3) is 0.471. The number of nitrogens with one attached hydrogen (secondary N) is 1. The van der Waals surface area contributed by atoms with E-state index >= 15 is 0 Å². The van der Waals surface area contributed by atoms with Crippen molar-refractivity contribution < 1.29 is 4.79 Å². The highest BCUT2D eigenvalue weighted by Crippen LogP contribution is 2.23. The van der Waals surface area contributed by atoms with Gasteiger partial charge in [0.1, 0.15) is 0 Å². The summed E-state index contributed by atoms with van der Waals surface area (Å²) in [6.45, 7) is 2.82. The van der Waals surface area contributed by atoms with Gasteiger partial charge in [-0.2, -0.15) is 5.10 Å². The average Bonchev–Trinajstić information content (AvgIpc) is 3.22. The fourth-order valence-corrected chi connectivity index (χ4v) is 4.52. The Kier molecular flexibility index (Phi) is 6.39. The van der Waals surface area contributed by atoms with Gasteiger partial charge in [-0.05, 0) is 54.0 Å². The van der Waals surface area contributed by atoms with Crippen LogP contribution in [0.15, 0.2) is 34.2 Å². The molecule has 1 amide bonds. The number of amides is 1. The van der Waals surface area contributed by atoms with Gasteiger partial charge in [-0.15, -0.1) is 16.4 Å². The Labute approximate surface area is 160 Å². The van der Waals surface area contributed by atoms with E-state index in [0.29, 0.717) is 19.1 Å². The lowest BCUT2D eigenvalue weighted by Crippen LogP contribution is -2.43. The van der Waals surface area contributed by atoms with Gasteiger partial charge in [0.15, 0.2) is 5.82 Å². The molecule has 8 heteroatoms. The van der Waals surface area contributed by atoms with E-state index in [0.717, 1.165) is 41.1 Å². The molecule has 1 aliphatic heterocycles. The Balaban J connectivity index is 1.46. The molecule has 1 aliphatic rings. The Morgan fingerprint density at radius 1 is 1.56 bits per heavy atom. The largest absolute Gasteiger partial charge is 0.351 e. The molecule has 0 saturated carbocycles. The summed E-state index contributed by atoms with van der Waals surface area (Å²) in [7, 11) is 1.99. The fourth-order valence-electron chi connectivity index (χ4n) is 3.13. The van der Waals surface area contributed by atoms with Crippen LogP contribution in [-0.4, -0.2) is 53.7 Å². The molecule has 1 fully saturated rings. The highest BCUT2D eigenvalue weighted by molar-refractivity contribution is 9.10. The average molecular weight is 424 g/mol. The molecule has 1 atom stereocenters. The molecule has 0 aromatic carbocycles. The van der Waals surface area contributed by atoms with Gasteiger partial charge in [0, 0.05) is 40.1 Å². The first-order valence-electron chi connectivity index (χ1n) is 8.34. The second kappa shape index (κ2) is 8.73. The Morgan fingerprint density at radius 3 is 3.16 bits per heavy atom. The zero-order valence-corrected chi connectivity index (χ0v) is 16.6. The number of nitrogens with zero attached hydrogens (tertiary/aromatic N) is 4. The van der Waals surface area contributed by atoms with Crippen molar-refractivity contribution in [3.8, 4) is 0 Å². The van der Waals surface area contributed by atoms with Gasteiger partial charge in [0.05, 0.1) is 13.1 Å². The number of hydrogen-bond donors (Lipinski definition) is 1. The highest BCUT2D eigenvalue weighted by atomic mass is 79.9. The number of likely N-dealkylation sites (N-methyl/N-ethyl adjacent to an activating group) is 1. The zero-order chi connectivity index (χ0) is 17.6. The molecule has 3 rings (SSSR count). The molecule has 1 N–H and O–H groups in total.